The summed E-state index contributed by atoms with van der Waals surface area (Å²) in [7, 11) is 0. The Hall–Kier alpha value is -0.590. The molecular weight excluding hydrogens is 344 g/mol. The van der Waals surface area contributed by atoms with Gasteiger partial charge in [-0.05, 0) is 34.2 Å². The Balaban J connectivity index is 0.00000361. The molecule has 5 nitrogen and oxygen atoms in total. The van der Waals surface area contributed by atoms with Gasteiger partial charge in [-0.25, -0.2) is 0 Å². The van der Waals surface area contributed by atoms with E-state index in [9.17, 15) is 4.79 Å². The smallest absolute Gasteiger partial charge is 0.273 e. The second kappa shape index (κ2) is 8.64. The first kappa shape index (κ1) is 19.4. The maximum Gasteiger partial charge on any atom is 0.273 e. The Morgan fingerprint density at radius 2 is 2.00 bits per heavy atom. The van der Waals surface area contributed by atoms with Gasteiger partial charge in [-0.15, -0.1) is 12.4 Å². The standard InChI is InChI=1S/C13H23BrN4O.ClH/c1-7(2)5-9(6-15)16-13(19)12-10(14)11(8(3)4)17-18-12;/h7-9H,5-6,15H2,1-4H3,(H,16,19)(H,17,18);1H. The largest absolute Gasteiger partial charge is 0.347 e. The van der Waals surface area contributed by atoms with Gasteiger partial charge in [0.25, 0.3) is 5.91 Å². The highest BCUT2D eigenvalue weighted by atomic mass is 79.9. The van der Waals surface area contributed by atoms with Crippen LogP contribution in [0, 0.1) is 5.92 Å². The van der Waals surface area contributed by atoms with Crippen molar-refractivity contribution in [3.63, 3.8) is 0 Å². The van der Waals surface area contributed by atoms with Gasteiger partial charge in [0.15, 0.2) is 5.69 Å². The molecule has 1 atom stereocenters. The molecule has 116 valence electrons. The van der Waals surface area contributed by atoms with Crippen LogP contribution in [0.3, 0.4) is 0 Å². The molecule has 1 aromatic rings. The van der Waals surface area contributed by atoms with E-state index in [1.54, 1.807) is 0 Å². The van der Waals surface area contributed by atoms with Gasteiger partial charge in [0.2, 0.25) is 0 Å². The highest BCUT2D eigenvalue weighted by Crippen LogP contribution is 2.25. The number of aromatic nitrogens is 2. The van der Waals surface area contributed by atoms with Gasteiger partial charge < -0.3 is 11.1 Å². The van der Waals surface area contributed by atoms with E-state index >= 15 is 0 Å². The Bertz CT molecular complexity index is 434. The predicted octanol–water partition coefficient (Wildman–Crippen LogP) is 2.82. The zero-order valence-electron chi connectivity index (χ0n) is 12.4. The Morgan fingerprint density at radius 1 is 1.40 bits per heavy atom. The summed E-state index contributed by atoms with van der Waals surface area (Å²) in [6, 6.07) is -0.0152. The van der Waals surface area contributed by atoms with Crippen LogP contribution in [0.25, 0.3) is 0 Å². The average molecular weight is 368 g/mol. The van der Waals surface area contributed by atoms with Crippen LogP contribution in [0.1, 0.15) is 56.2 Å². The first-order valence-corrected chi connectivity index (χ1v) is 7.40. The number of H-pyrrole nitrogens is 1. The molecule has 0 spiro atoms. The third kappa shape index (κ3) is 5.07. The molecule has 0 saturated heterocycles. The number of amides is 1. The molecule has 0 bridgehead atoms. The SMILES string of the molecule is CC(C)CC(CN)NC(=O)c1n[nH]c(C(C)C)c1Br.Cl. The van der Waals surface area contributed by atoms with Gasteiger partial charge in [-0.2, -0.15) is 5.10 Å². The van der Waals surface area contributed by atoms with Crippen LogP contribution in [-0.2, 0) is 0 Å². The number of rotatable bonds is 6. The van der Waals surface area contributed by atoms with Crippen molar-refractivity contribution in [2.24, 2.45) is 11.7 Å². The van der Waals surface area contributed by atoms with E-state index in [1.807, 2.05) is 13.8 Å². The van der Waals surface area contributed by atoms with E-state index in [4.69, 9.17) is 5.73 Å². The molecular formula is C13H24BrClN4O. The first-order valence-electron chi connectivity index (χ1n) is 6.61. The van der Waals surface area contributed by atoms with E-state index in [1.165, 1.54) is 0 Å². The summed E-state index contributed by atoms with van der Waals surface area (Å²) in [5.41, 5.74) is 7.01. The van der Waals surface area contributed by atoms with Gasteiger partial charge in [-0.3, -0.25) is 9.89 Å². The van der Waals surface area contributed by atoms with Gasteiger partial charge in [0, 0.05) is 12.6 Å². The molecule has 1 rings (SSSR count). The van der Waals surface area contributed by atoms with Crippen LogP contribution < -0.4 is 11.1 Å². The van der Waals surface area contributed by atoms with Crippen molar-refractivity contribution in [2.75, 3.05) is 6.54 Å². The zero-order valence-corrected chi connectivity index (χ0v) is 14.8. The summed E-state index contributed by atoms with van der Waals surface area (Å²) in [5, 5.41) is 9.91. The topological polar surface area (TPSA) is 83.8 Å². The van der Waals surface area contributed by atoms with E-state index in [0.29, 0.717) is 18.2 Å². The van der Waals surface area contributed by atoms with Gasteiger partial charge in [-0.1, -0.05) is 27.7 Å². The molecule has 1 unspecified atom stereocenters. The van der Waals surface area contributed by atoms with Crippen molar-refractivity contribution in [2.45, 2.75) is 46.1 Å². The molecule has 7 heteroatoms. The Morgan fingerprint density at radius 3 is 2.40 bits per heavy atom. The van der Waals surface area contributed by atoms with Crippen molar-refractivity contribution in [3.8, 4) is 0 Å². The molecule has 1 heterocycles. The lowest BCUT2D eigenvalue weighted by Gasteiger charge is -2.18. The fourth-order valence-electron chi connectivity index (χ4n) is 1.91. The molecule has 0 fully saturated rings. The van der Waals surface area contributed by atoms with Gasteiger partial charge in [0.1, 0.15) is 0 Å². The number of carbonyl (C=O) groups is 1. The van der Waals surface area contributed by atoms with E-state index in [2.05, 4.69) is 45.3 Å². The zero-order chi connectivity index (χ0) is 14.6. The molecule has 0 aliphatic carbocycles. The summed E-state index contributed by atoms with van der Waals surface area (Å²) in [4.78, 5) is 12.2. The summed E-state index contributed by atoms with van der Waals surface area (Å²) < 4.78 is 0.736. The summed E-state index contributed by atoms with van der Waals surface area (Å²) in [5.74, 6) is 0.582. The summed E-state index contributed by atoms with van der Waals surface area (Å²) in [6.07, 6.45) is 0.862. The minimum atomic E-state index is -0.189. The number of nitrogens with zero attached hydrogens (tertiary/aromatic N) is 1. The van der Waals surface area contributed by atoms with Crippen molar-refractivity contribution in [1.82, 2.24) is 15.5 Å². The molecule has 0 aliphatic rings. The Labute approximate surface area is 135 Å². The minimum Gasteiger partial charge on any atom is -0.347 e. The normalized spacial score (nSPS) is 12.4. The van der Waals surface area contributed by atoms with E-state index in [0.717, 1.165) is 16.6 Å². The Kier molecular flexibility index (Phi) is 8.39. The van der Waals surface area contributed by atoms with Crippen LogP contribution in [0.5, 0.6) is 0 Å². The third-order valence-electron chi connectivity index (χ3n) is 2.90. The number of nitrogens with one attached hydrogen (secondary N) is 2. The highest BCUT2D eigenvalue weighted by molar-refractivity contribution is 9.10. The third-order valence-corrected chi connectivity index (χ3v) is 3.70. The predicted molar refractivity (Wildman–Crippen MR) is 87.4 cm³/mol. The van der Waals surface area contributed by atoms with E-state index in [-0.39, 0.29) is 30.3 Å². The van der Waals surface area contributed by atoms with Crippen LogP contribution in [-0.4, -0.2) is 28.7 Å². The van der Waals surface area contributed by atoms with Crippen molar-refractivity contribution in [3.05, 3.63) is 15.9 Å². The maximum absolute atomic E-state index is 12.2. The minimum absolute atomic E-state index is 0. The number of carbonyl (C=O) groups excluding carboxylic acids is 1. The van der Waals surface area contributed by atoms with Crippen LogP contribution in [0.4, 0.5) is 0 Å². The molecule has 0 saturated carbocycles. The maximum atomic E-state index is 12.2. The lowest BCUT2D eigenvalue weighted by Crippen LogP contribution is -2.41. The molecule has 1 amide bonds. The van der Waals surface area contributed by atoms with Crippen LogP contribution in [0.2, 0.25) is 0 Å². The number of aromatic amines is 1. The number of hydrogen-bond acceptors (Lipinski definition) is 3. The monoisotopic (exact) mass is 366 g/mol. The highest BCUT2D eigenvalue weighted by Gasteiger charge is 2.21. The molecule has 0 radical (unpaired) electrons. The van der Waals surface area contributed by atoms with Crippen molar-refractivity contribution >= 4 is 34.2 Å². The van der Waals surface area contributed by atoms with Crippen LogP contribution >= 0.6 is 28.3 Å². The fourth-order valence-corrected chi connectivity index (χ4v) is 2.73. The van der Waals surface area contributed by atoms with Crippen molar-refractivity contribution < 1.29 is 4.79 Å². The lowest BCUT2D eigenvalue weighted by atomic mass is 10.0. The summed E-state index contributed by atoms with van der Waals surface area (Å²) in [6.45, 7) is 8.73. The summed E-state index contributed by atoms with van der Waals surface area (Å²) >= 11 is 3.43. The molecule has 20 heavy (non-hydrogen) atoms. The van der Waals surface area contributed by atoms with E-state index < -0.39 is 0 Å². The quantitative estimate of drug-likeness (QED) is 0.723. The fraction of sp³-hybridized carbons (Fsp3) is 0.692. The van der Waals surface area contributed by atoms with Gasteiger partial charge in [0.05, 0.1) is 10.2 Å². The second-order valence-electron chi connectivity index (χ2n) is 5.49. The molecule has 0 aliphatic heterocycles. The second-order valence-corrected chi connectivity index (χ2v) is 6.28. The average Bonchev–Trinajstić information content (AvgIpc) is 2.69. The molecule has 1 aromatic heterocycles. The number of nitrogens with two attached hydrogens (primary N) is 1. The molecule has 0 aromatic carbocycles. The van der Waals surface area contributed by atoms with Crippen molar-refractivity contribution in [1.29, 1.82) is 0 Å². The lowest BCUT2D eigenvalue weighted by molar-refractivity contribution is 0.0928. The first-order chi connectivity index (χ1) is 8.86. The van der Waals surface area contributed by atoms with Crippen LogP contribution in [0.15, 0.2) is 4.47 Å². The van der Waals surface area contributed by atoms with Gasteiger partial charge >= 0.3 is 0 Å². The number of hydrogen-bond donors (Lipinski definition) is 3. The number of halogens is 2. The molecule has 4 N–H and O–H groups in total.